The Labute approximate surface area is 146 Å². The molecule has 0 spiro atoms. The minimum absolute atomic E-state index is 0.252. The van der Waals surface area contributed by atoms with Crippen LogP contribution < -0.4 is 11.1 Å². The lowest BCUT2D eigenvalue weighted by molar-refractivity contribution is 0.387. The highest BCUT2D eigenvalue weighted by molar-refractivity contribution is 5.22. The van der Waals surface area contributed by atoms with Crippen molar-refractivity contribution >= 4 is 0 Å². The van der Waals surface area contributed by atoms with Gasteiger partial charge >= 0.3 is 0 Å². The largest absolute Gasteiger partial charge is 0.327 e. The number of rotatable bonds is 7. The summed E-state index contributed by atoms with van der Waals surface area (Å²) in [5.41, 5.74) is 7.94. The minimum atomic E-state index is 0.252. The van der Waals surface area contributed by atoms with Gasteiger partial charge in [0, 0.05) is 12.6 Å². The van der Waals surface area contributed by atoms with E-state index in [9.17, 15) is 0 Å². The molecule has 2 nitrogen and oxygen atoms in total. The molecule has 0 amide bonds. The molecule has 24 heavy (non-hydrogen) atoms. The molecule has 1 aromatic carbocycles. The van der Waals surface area contributed by atoms with E-state index in [1.165, 1.54) is 12.0 Å². The van der Waals surface area contributed by atoms with E-state index in [2.05, 4.69) is 72.1 Å². The maximum atomic E-state index is 6.49. The normalized spacial score (nSPS) is 27.3. The molecule has 3 rings (SSSR count). The SMILES string of the molecule is NC(CCNCC1C=CC=CC1)C1C=CCC(c2ccccc2)C1. The smallest absolute Gasteiger partial charge is 0.0114 e. The van der Waals surface area contributed by atoms with Crippen molar-refractivity contribution in [2.75, 3.05) is 13.1 Å². The van der Waals surface area contributed by atoms with Crippen LogP contribution in [0.25, 0.3) is 0 Å². The van der Waals surface area contributed by atoms with Gasteiger partial charge in [0.25, 0.3) is 0 Å². The molecule has 0 bridgehead atoms. The second kappa shape index (κ2) is 9.00. The number of nitrogens with two attached hydrogens (primary N) is 1. The summed E-state index contributed by atoms with van der Waals surface area (Å²) >= 11 is 0. The first-order chi connectivity index (χ1) is 11.8. The van der Waals surface area contributed by atoms with E-state index < -0.39 is 0 Å². The van der Waals surface area contributed by atoms with E-state index in [1.54, 1.807) is 0 Å². The quantitative estimate of drug-likeness (QED) is 0.584. The average Bonchev–Trinajstić information content (AvgIpc) is 2.67. The first-order valence-electron chi connectivity index (χ1n) is 9.34. The maximum absolute atomic E-state index is 6.49. The van der Waals surface area contributed by atoms with E-state index in [1.807, 2.05) is 0 Å². The summed E-state index contributed by atoms with van der Waals surface area (Å²) in [6.07, 6.45) is 18.0. The Balaban J connectivity index is 1.40. The summed E-state index contributed by atoms with van der Waals surface area (Å²) in [5.74, 6) is 1.77. The van der Waals surface area contributed by atoms with Gasteiger partial charge in [0.15, 0.2) is 0 Å². The second-order valence-electron chi connectivity index (χ2n) is 7.14. The standard InChI is InChI=1S/C22H30N2/c23-22(14-15-24-17-18-8-3-1-4-9-18)21-13-7-12-20(16-21)19-10-5-2-6-11-19/h1-8,10-11,13,18,20-22,24H,9,12,14-17,23H2. The Morgan fingerprint density at radius 2 is 1.92 bits per heavy atom. The maximum Gasteiger partial charge on any atom is 0.0114 e. The number of hydrogen-bond acceptors (Lipinski definition) is 2. The molecular weight excluding hydrogens is 292 g/mol. The van der Waals surface area contributed by atoms with Crippen molar-refractivity contribution < 1.29 is 0 Å². The van der Waals surface area contributed by atoms with Crippen molar-refractivity contribution in [3.8, 4) is 0 Å². The Kier molecular flexibility index (Phi) is 6.45. The van der Waals surface area contributed by atoms with Crippen LogP contribution in [-0.4, -0.2) is 19.1 Å². The first kappa shape index (κ1) is 17.2. The molecule has 128 valence electrons. The molecule has 0 aromatic heterocycles. The Bertz CT molecular complexity index is 573. The zero-order chi connectivity index (χ0) is 16.6. The van der Waals surface area contributed by atoms with Crippen LogP contribution in [0, 0.1) is 11.8 Å². The second-order valence-corrected chi connectivity index (χ2v) is 7.14. The molecule has 0 aliphatic heterocycles. The summed E-state index contributed by atoms with van der Waals surface area (Å²) < 4.78 is 0. The zero-order valence-corrected chi connectivity index (χ0v) is 14.5. The lowest BCUT2D eigenvalue weighted by atomic mass is 9.79. The van der Waals surface area contributed by atoms with Crippen LogP contribution in [0.2, 0.25) is 0 Å². The predicted molar refractivity (Wildman–Crippen MR) is 103 cm³/mol. The molecule has 0 heterocycles. The molecule has 4 atom stereocenters. The third-order valence-electron chi connectivity index (χ3n) is 5.31. The molecule has 0 saturated carbocycles. The van der Waals surface area contributed by atoms with E-state index in [0.29, 0.717) is 17.8 Å². The van der Waals surface area contributed by atoms with Gasteiger partial charge in [0.1, 0.15) is 0 Å². The van der Waals surface area contributed by atoms with Gasteiger partial charge in [-0.15, -0.1) is 0 Å². The highest BCUT2D eigenvalue weighted by atomic mass is 14.9. The van der Waals surface area contributed by atoms with Crippen molar-refractivity contribution in [1.29, 1.82) is 0 Å². The van der Waals surface area contributed by atoms with Gasteiger partial charge in [0.05, 0.1) is 0 Å². The summed E-state index contributed by atoms with van der Waals surface area (Å²) in [6, 6.07) is 11.1. The van der Waals surface area contributed by atoms with Gasteiger partial charge in [-0.25, -0.2) is 0 Å². The summed E-state index contributed by atoms with van der Waals surface area (Å²) in [7, 11) is 0. The molecule has 0 saturated heterocycles. The number of hydrogen-bond donors (Lipinski definition) is 2. The molecular formula is C22H30N2. The van der Waals surface area contributed by atoms with Crippen LogP contribution in [0.15, 0.2) is 66.8 Å². The Hall–Kier alpha value is -1.64. The molecule has 4 unspecified atom stereocenters. The molecule has 3 N–H and O–H groups in total. The number of nitrogens with one attached hydrogen (secondary N) is 1. The fourth-order valence-electron chi connectivity index (χ4n) is 3.79. The summed E-state index contributed by atoms with van der Waals surface area (Å²) in [5, 5.41) is 3.58. The highest BCUT2D eigenvalue weighted by Crippen LogP contribution is 2.33. The van der Waals surface area contributed by atoms with Crippen LogP contribution in [0.5, 0.6) is 0 Å². The van der Waals surface area contributed by atoms with Crippen molar-refractivity contribution in [2.24, 2.45) is 17.6 Å². The third-order valence-corrected chi connectivity index (χ3v) is 5.31. The van der Waals surface area contributed by atoms with Crippen LogP contribution in [0.3, 0.4) is 0 Å². The molecule has 2 aliphatic carbocycles. The fourth-order valence-corrected chi connectivity index (χ4v) is 3.79. The average molecular weight is 322 g/mol. The monoisotopic (exact) mass is 322 g/mol. The van der Waals surface area contributed by atoms with E-state index >= 15 is 0 Å². The lowest BCUT2D eigenvalue weighted by Crippen LogP contribution is -2.35. The molecule has 0 radical (unpaired) electrons. The van der Waals surface area contributed by atoms with E-state index in [0.717, 1.165) is 32.4 Å². The predicted octanol–water partition coefficient (Wildman–Crippen LogP) is 4.18. The Morgan fingerprint density at radius 1 is 1.04 bits per heavy atom. The van der Waals surface area contributed by atoms with Crippen LogP contribution >= 0.6 is 0 Å². The number of allylic oxidation sites excluding steroid dienone is 4. The van der Waals surface area contributed by atoms with Gasteiger partial charge in [-0.05, 0) is 55.5 Å². The topological polar surface area (TPSA) is 38.0 Å². The van der Waals surface area contributed by atoms with Crippen LogP contribution in [-0.2, 0) is 0 Å². The van der Waals surface area contributed by atoms with Gasteiger partial charge < -0.3 is 11.1 Å². The fraction of sp³-hybridized carbons (Fsp3) is 0.455. The van der Waals surface area contributed by atoms with Crippen LogP contribution in [0.1, 0.15) is 37.2 Å². The van der Waals surface area contributed by atoms with E-state index in [4.69, 9.17) is 5.73 Å². The van der Waals surface area contributed by atoms with Crippen molar-refractivity contribution in [1.82, 2.24) is 5.32 Å². The Morgan fingerprint density at radius 3 is 2.71 bits per heavy atom. The van der Waals surface area contributed by atoms with Gasteiger partial charge in [-0.2, -0.15) is 0 Å². The zero-order valence-electron chi connectivity index (χ0n) is 14.5. The highest BCUT2D eigenvalue weighted by Gasteiger charge is 2.23. The van der Waals surface area contributed by atoms with Crippen LogP contribution in [0.4, 0.5) is 0 Å². The van der Waals surface area contributed by atoms with E-state index in [-0.39, 0.29) is 6.04 Å². The van der Waals surface area contributed by atoms with Crippen molar-refractivity contribution in [2.45, 2.75) is 37.6 Å². The summed E-state index contributed by atoms with van der Waals surface area (Å²) in [4.78, 5) is 0. The minimum Gasteiger partial charge on any atom is -0.327 e. The molecule has 1 aromatic rings. The first-order valence-corrected chi connectivity index (χ1v) is 9.34. The van der Waals surface area contributed by atoms with Gasteiger partial charge in [-0.3, -0.25) is 0 Å². The molecule has 2 heteroatoms. The van der Waals surface area contributed by atoms with Gasteiger partial charge in [-0.1, -0.05) is 66.8 Å². The molecule has 0 fully saturated rings. The van der Waals surface area contributed by atoms with Gasteiger partial charge in [0.2, 0.25) is 0 Å². The number of benzene rings is 1. The summed E-state index contributed by atoms with van der Waals surface area (Å²) in [6.45, 7) is 2.07. The molecule has 2 aliphatic rings. The van der Waals surface area contributed by atoms with Crippen molar-refractivity contribution in [3.05, 3.63) is 72.4 Å². The van der Waals surface area contributed by atoms with Crippen molar-refractivity contribution in [3.63, 3.8) is 0 Å². The lowest BCUT2D eigenvalue weighted by Gasteiger charge is -2.29. The third kappa shape index (κ3) is 4.93.